The van der Waals surface area contributed by atoms with Crippen molar-refractivity contribution in [2.45, 2.75) is 77.4 Å². The van der Waals surface area contributed by atoms with Gasteiger partial charge in [-0.3, -0.25) is 9.59 Å². The molecule has 2 heterocycles. The summed E-state index contributed by atoms with van der Waals surface area (Å²) < 4.78 is 12.8. The largest absolute Gasteiger partial charge is 0.508 e. The minimum Gasteiger partial charge on any atom is -0.508 e. The molecule has 4 aromatic carbocycles. The minimum absolute atomic E-state index is 0.0828. The van der Waals surface area contributed by atoms with Crippen molar-refractivity contribution >= 4 is 11.6 Å². The number of hydrogen-bond acceptors (Lipinski definition) is 11. The van der Waals surface area contributed by atoms with E-state index in [0.717, 1.165) is 22.8 Å². The molecule has 0 amide bonds. The lowest BCUT2D eigenvalue weighted by molar-refractivity contribution is -0.0165. The van der Waals surface area contributed by atoms with Gasteiger partial charge in [0.15, 0.2) is 11.4 Å². The second kappa shape index (κ2) is 14.1. The predicted octanol–water partition coefficient (Wildman–Crippen LogP) is 8.44. The van der Waals surface area contributed by atoms with Gasteiger partial charge in [0.05, 0.1) is 5.56 Å². The highest BCUT2D eigenvalue weighted by atomic mass is 16.6. The predicted molar refractivity (Wildman–Crippen MR) is 207 cm³/mol. The van der Waals surface area contributed by atoms with E-state index in [9.17, 15) is 40.5 Å². The standard InChI is InChI=1S/C45H44O11/c1-21(2)6-9-27-32(48)13-11-28(40(27)51)41(52)37-29(26-10-7-24(46)18-33(26)49)16-23(5)17-30(37)38-34(50)20-36-39(42(38)53)43(54)44-45(56-36,15-14-22(3)4)31-12-8-25(47)19-35(31)55-44/h6-8,10-14,17-20,29-30,37,44,46-51,53H,9,15-16H2,1-5H3. The minimum atomic E-state index is -1.40. The number of hydrogen-bond donors (Lipinski definition) is 7. The molecule has 0 saturated heterocycles. The van der Waals surface area contributed by atoms with Crippen molar-refractivity contribution in [2.75, 3.05) is 0 Å². The lowest BCUT2D eigenvalue weighted by atomic mass is 9.65. The summed E-state index contributed by atoms with van der Waals surface area (Å²) in [5, 5.41) is 77.8. The Morgan fingerprint density at radius 1 is 0.804 bits per heavy atom. The second-order valence-electron chi connectivity index (χ2n) is 15.5. The number of benzene rings is 4. The van der Waals surface area contributed by atoms with E-state index < -0.39 is 58.3 Å². The van der Waals surface area contributed by atoms with Gasteiger partial charge in [-0.05, 0) is 83.4 Å². The molecular formula is C45H44O11. The first-order valence-electron chi connectivity index (χ1n) is 18.4. The number of rotatable bonds is 8. The van der Waals surface area contributed by atoms with E-state index in [4.69, 9.17) is 9.47 Å². The average molecular weight is 761 g/mol. The summed E-state index contributed by atoms with van der Waals surface area (Å²) in [5.74, 6) is -6.67. The van der Waals surface area contributed by atoms with Crippen LogP contribution in [0.3, 0.4) is 0 Å². The normalized spacial score (nSPS) is 22.1. The second-order valence-corrected chi connectivity index (χ2v) is 15.5. The summed E-state index contributed by atoms with van der Waals surface area (Å²) in [7, 11) is 0. The molecule has 1 aliphatic carbocycles. The maximum Gasteiger partial charge on any atom is 0.215 e. The zero-order valence-corrected chi connectivity index (χ0v) is 31.6. The van der Waals surface area contributed by atoms with E-state index >= 15 is 4.79 Å². The SMILES string of the molecule is CC(C)=CCc1c(O)ccc(C(=O)C2C(c3c(O)cc4c(c3O)C(=O)C3Oc5cc(O)ccc5C3(CC=C(C)C)O4)C=C(C)CC2c2ccc(O)cc2O)c1O. The Bertz CT molecular complexity index is 2400. The van der Waals surface area contributed by atoms with Gasteiger partial charge in [-0.15, -0.1) is 0 Å². The maximum absolute atomic E-state index is 15.0. The molecule has 7 N–H and O–H groups in total. The lowest BCUT2D eigenvalue weighted by Crippen LogP contribution is -2.51. The van der Waals surface area contributed by atoms with Crippen LogP contribution in [0.4, 0.5) is 0 Å². The fourth-order valence-corrected chi connectivity index (χ4v) is 8.40. The summed E-state index contributed by atoms with van der Waals surface area (Å²) in [4.78, 5) is 29.6. The Morgan fingerprint density at radius 3 is 2.20 bits per heavy atom. The van der Waals surface area contributed by atoms with Crippen LogP contribution in [0.15, 0.2) is 89.5 Å². The van der Waals surface area contributed by atoms with Crippen LogP contribution in [0.1, 0.15) is 102 Å². The topological polar surface area (TPSA) is 194 Å². The number of aromatic hydroxyl groups is 7. The molecule has 0 radical (unpaired) electrons. The first-order chi connectivity index (χ1) is 26.5. The Balaban J connectivity index is 1.41. The summed E-state index contributed by atoms with van der Waals surface area (Å²) in [5.41, 5.74) is 1.57. The smallest absolute Gasteiger partial charge is 0.215 e. The number of phenols is 7. The van der Waals surface area contributed by atoms with Crippen molar-refractivity contribution in [1.82, 2.24) is 0 Å². The first-order valence-corrected chi connectivity index (χ1v) is 18.4. The van der Waals surface area contributed by atoms with Crippen LogP contribution in [-0.4, -0.2) is 53.4 Å². The van der Waals surface area contributed by atoms with E-state index in [1.165, 1.54) is 42.5 Å². The molecule has 5 unspecified atom stereocenters. The fraction of sp³-hybridized carbons (Fsp3) is 0.289. The molecule has 0 fully saturated rings. The number of Topliss-reactive ketones (excluding diaryl/α,β-unsaturated/α-hetero) is 2. The molecule has 0 bridgehead atoms. The Morgan fingerprint density at radius 2 is 1.50 bits per heavy atom. The number of carbonyl (C=O) groups is 2. The molecule has 11 nitrogen and oxygen atoms in total. The van der Waals surface area contributed by atoms with Crippen molar-refractivity contribution in [3.63, 3.8) is 0 Å². The van der Waals surface area contributed by atoms with Crippen LogP contribution in [0.25, 0.3) is 0 Å². The van der Waals surface area contributed by atoms with Gasteiger partial charge in [0, 0.05) is 59.1 Å². The number of carbonyl (C=O) groups excluding carboxylic acids is 2. The van der Waals surface area contributed by atoms with E-state index in [1.807, 2.05) is 33.8 Å². The van der Waals surface area contributed by atoms with Crippen LogP contribution in [-0.2, 0) is 12.0 Å². The Hall–Kier alpha value is -6.36. The molecule has 7 rings (SSSR count). The molecule has 0 saturated carbocycles. The molecular weight excluding hydrogens is 716 g/mol. The number of ether oxygens (including phenoxy) is 2. The van der Waals surface area contributed by atoms with E-state index in [-0.39, 0.29) is 76.0 Å². The van der Waals surface area contributed by atoms with Crippen molar-refractivity contribution in [3.05, 3.63) is 123 Å². The first kappa shape index (κ1) is 37.9. The van der Waals surface area contributed by atoms with Crippen molar-refractivity contribution in [1.29, 1.82) is 0 Å². The van der Waals surface area contributed by atoms with Gasteiger partial charge in [0.2, 0.25) is 11.9 Å². The average Bonchev–Trinajstić information content (AvgIpc) is 3.43. The van der Waals surface area contributed by atoms with Crippen LogP contribution in [0.5, 0.6) is 51.7 Å². The van der Waals surface area contributed by atoms with Crippen molar-refractivity contribution < 1.29 is 54.8 Å². The third-order valence-corrected chi connectivity index (χ3v) is 11.1. The number of allylic oxidation sites excluding steroid dienone is 5. The summed E-state index contributed by atoms with van der Waals surface area (Å²) in [6.07, 6.45) is 4.65. The zero-order chi connectivity index (χ0) is 40.4. The van der Waals surface area contributed by atoms with E-state index in [1.54, 1.807) is 25.1 Å². The third-order valence-electron chi connectivity index (χ3n) is 11.1. The molecule has 290 valence electrons. The number of phenolic OH excluding ortho intramolecular Hbond substituents is 7. The molecule has 0 aromatic heterocycles. The molecule has 5 atom stereocenters. The van der Waals surface area contributed by atoms with Gasteiger partial charge in [-0.2, -0.15) is 0 Å². The van der Waals surface area contributed by atoms with Crippen LogP contribution >= 0.6 is 0 Å². The highest BCUT2D eigenvalue weighted by Gasteiger charge is 2.59. The molecule has 11 heteroatoms. The zero-order valence-electron chi connectivity index (χ0n) is 31.6. The van der Waals surface area contributed by atoms with Gasteiger partial charge in [-0.1, -0.05) is 41.0 Å². The third kappa shape index (κ3) is 6.26. The number of ketones is 2. The molecule has 56 heavy (non-hydrogen) atoms. The highest BCUT2D eigenvalue weighted by Crippen LogP contribution is 2.58. The van der Waals surface area contributed by atoms with Crippen LogP contribution < -0.4 is 9.47 Å². The van der Waals surface area contributed by atoms with E-state index in [0.29, 0.717) is 11.1 Å². The van der Waals surface area contributed by atoms with Crippen molar-refractivity contribution in [2.24, 2.45) is 5.92 Å². The van der Waals surface area contributed by atoms with Gasteiger partial charge in [-0.25, -0.2) is 0 Å². The van der Waals surface area contributed by atoms with Gasteiger partial charge >= 0.3 is 0 Å². The van der Waals surface area contributed by atoms with Gasteiger partial charge in [0.25, 0.3) is 0 Å². The molecule has 0 spiro atoms. The number of fused-ring (bicyclic) bond motifs is 4. The molecule has 3 aliphatic rings. The summed E-state index contributed by atoms with van der Waals surface area (Å²) in [6.45, 7) is 9.31. The van der Waals surface area contributed by atoms with Crippen LogP contribution in [0, 0.1) is 5.92 Å². The summed E-state index contributed by atoms with van der Waals surface area (Å²) in [6, 6.07) is 12.3. The summed E-state index contributed by atoms with van der Waals surface area (Å²) >= 11 is 0. The van der Waals surface area contributed by atoms with Crippen molar-refractivity contribution in [3.8, 4) is 51.7 Å². The molecule has 4 aromatic rings. The van der Waals surface area contributed by atoms with Gasteiger partial charge < -0.3 is 45.2 Å². The maximum atomic E-state index is 15.0. The highest BCUT2D eigenvalue weighted by molar-refractivity contribution is 6.08. The lowest BCUT2D eigenvalue weighted by Gasteiger charge is -2.40. The monoisotopic (exact) mass is 760 g/mol. The quantitative estimate of drug-likeness (QED) is 0.0673. The molecule has 2 aliphatic heterocycles. The fourth-order valence-electron chi connectivity index (χ4n) is 8.40. The Labute approximate surface area is 323 Å². The Kier molecular flexibility index (Phi) is 9.52. The van der Waals surface area contributed by atoms with Crippen LogP contribution in [0.2, 0.25) is 0 Å². The van der Waals surface area contributed by atoms with Gasteiger partial charge in [0.1, 0.15) is 57.3 Å². The van der Waals surface area contributed by atoms with E-state index in [2.05, 4.69) is 0 Å².